The van der Waals surface area contributed by atoms with Gasteiger partial charge in [-0.2, -0.15) is 8.42 Å². The maximum atomic E-state index is 12.7. The van der Waals surface area contributed by atoms with Crippen LogP contribution in [-0.2, 0) is 21.5 Å². The zero-order valence-corrected chi connectivity index (χ0v) is 18.6. The summed E-state index contributed by atoms with van der Waals surface area (Å²) in [5.41, 5.74) is 1.64. The van der Waals surface area contributed by atoms with E-state index in [-0.39, 0.29) is 17.6 Å². The van der Waals surface area contributed by atoms with Crippen LogP contribution in [0.25, 0.3) is 0 Å². The van der Waals surface area contributed by atoms with E-state index in [4.69, 9.17) is 4.18 Å². The molecule has 7 heteroatoms. The normalized spacial score (nSPS) is 14.2. The molecule has 158 valence electrons. The van der Waals surface area contributed by atoms with Crippen molar-refractivity contribution in [3.63, 3.8) is 0 Å². The van der Waals surface area contributed by atoms with Crippen LogP contribution in [-0.4, -0.2) is 44.6 Å². The second-order valence-electron chi connectivity index (χ2n) is 7.71. The van der Waals surface area contributed by atoms with Gasteiger partial charge >= 0.3 is 10.1 Å². The summed E-state index contributed by atoms with van der Waals surface area (Å²) in [4.78, 5) is 16.7. The van der Waals surface area contributed by atoms with E-state index in [1.54, 1.807) is 13.0 Å². The lowest BCUT2D eigenvalue weighted by Crippen LogP contribution is -2.35. The van der Waals surface area contributed by atoms with Gasteiger partial charge in [-0.1, -0.05) is 19.9 Å². The van der Waals surface area contributed by atoms with Gasteiger partial charge in [0.15, 0.2) is 0 Å². The molecule has 0 unspecified atom stereocenters. The Morgan fingerprint density at radius 1 is 1.18 bits per heavy atom. The van der Waals surface area contributed by atoms with Gasteiger partial charge in [0.25, 0.3) is 0 Å². The number of hydrogen-bond donors (Lipinski definition) is 0. The van der Waals surface area contributed by atoms with Crippen LogP contribution < -0.4 is 9.08 Å². The molecule has 0 heterocycles. The molecule has 0 aromatic heterocycles. The summed E-state index contributed by atoms with van der Waals surface area (Å²) in [5, 5.41) is 0. The smallest absolute Gasteiger partial charge is 0.308 e. The molecule has 1 aromatic carbocycles. The van der Waals surface area contributed by atoms with Gasteiger partial charge in [-0.15, -0.1) is 0 Å². The van der Waals surface area contributed by atoms with Crippen molar-refractivity contribution in [2.24, 2.45) is 11.8 Å². The van der Waals surface area contributed by atoms with Crippen LogP contribution in [0, 0.1) is 11.8 Å². The second-order valence-corrected chi connectivity index (χ2v) is 9.57. The van der Waals surface area contributed by atoms with Gasteiger partial charge < -0.3 is 14.0 Å². The van der Waals surface area contributed by atoms with Gasteiger partial charge in [-0.25, -0.2) is 0 Å². The first-order chi connectivity index (χ1) is 13.2. The fourth-order valence-electron chi connectivity index (χ4n) is 3.15. The molecule has 1 amide bonds. The van der Waals surface area contributed by atoms with Crippen LogP contribution >= 0.6 is 0 Å². The quantitative estimate of drug-likeness (QED) is 0.521. The Balaban J connectivity index is 2.37. The SMILES string of the molecule is CCN(CC)c1ccc(CN(CC2CC2)C(=O)C(C)C)c(OS(=O)(=O)CC)c1. The maximum Gasteiger partial charge on any atom is 0.308 e. The Morgan fingerprint density at radius 2 is 1.82 bits per heavy atom. The molecule has 0 atom stereocenters. The van der Waals surface area contributed by atoms with Crippen molar-refractivity contribution in [3.05, 3.63) is 23.8 Å². The van der Waals surface area contributed by atoms with Crippen LogP contribution in [0.2, 0.25) is 0 Å². The average Bonchev–Trinajstić information content (AvgIpc) is 3.47. The molecule has 0 bridgehead atoms. The lowest BCUT2D eigenvalue weighted by molar-refractivity contribution is -0.135. The number of nitrogens with zero attached hydrogens (tertiary/aromatic N) is 2. The Hall–Kier alpha value is -1.76. The minimum atomic E-state index is -3.66. The highest BCUT2D eigenvalue weighted by molar-refractivity contribution is 7.87. The van der Waals surface area contributed by atoms with Crippen molar-refractivity contribution < 1.29 is 17.4 Å². The number of rotatable bonds is 11. The van der Waals surface area contributed by atoms with Gasteiger partial charge in [0.2, 0.25) is 5.91 Å². The van der Waals surface area contributed by atoms with E-state index in [2.05, 4.69) is 18.7 Å². The lowest BCUT2D eigenvalue weighted by atomic mass is 10.1. The van der Waals surface area contributed by atoms with Gasteiger partial charge in [0, 0.05) is 49.4 Å². The minimum absolute atomic E-state index is 0.0871. The topological polar surface area (TPSA) is 66.9 Å². The summed E-state index contributed by atoms with van der Waals surface area (Å²) in [6.45, 7) is 12.2. The summed E-state index contributed by atoms with van der Waals surface area (Å²) in [6, 6.07) is 5.65. The van der Waals surface area contributed by atoms with E-state index < -0.39 is 10.1 Å². The van der Waals surface area contributed by atoms with Crippen LogP contribution in [0.1, 0.15) is 53.0 Å². The molecule has 6 nitrogen and oxygen atoms in total. The van der Waals surface area contributed by atoms with Gasteiger partial charge in [-0.3, -0.25) is 4.79 Å². The maximum absolute atomic E-state index is 12.7. The largest absolute Gasteiger partial charge is 0.382 e. The molecule has 1 aromatic rings. The average molecular weight is 411 g/mol. The standard InChI is InChI=1S/C21H34N2O4S/c1-6-22(7-2)19-12-11-18(20(13-19)27-28(25,26)8-3)15-23(14-17-9-10-17)21(24)16(4)5/h11-13,16-17H,6-10,14-15H2,1-5H3. The molecule has 0 saturated heterocycles. The summed E-state index contributed by atoms with van der Waals surface area (Å²) in [5.74, 6) is 0.769. The molecule has 1 saturated carbocycles. The molecular formula is C21H34N2O4S. The molecule has 28 heavy (non-hydrogen) atoms. The van der Waals surface area contributed by atoms with Crippen molar-refractivity contribution in [3.8, 4) is 5.75 Å². The number of hydrogen-bond acceptors (Lipinski definition) is 5. The van der Waals surface area contributed by atoms with Gasteiger partial charge in [0.1, 0.15) is 5.75 Å². The molecule has 1 aliphatic carbocycles. The molecule has 0 spiro atoms. The predicted octanol–water partition coefficient (Wildman–Crippen LogP) is 3.66. The van der Waals surface area contributed by atoms with E-state index >= 15 is 0 Å². The summed E-state index contributed by atoms with van der Waals surface area (Å²) in [7, 11) is -3.66. The van der Waals surface area contributed by atoms with Gasteiger partial charge in [0.05, 0.1) is 5.75 Å². The Bertz CT molecular complexity index is 769. The fourth-order valence-corrected chi connectivity index (χ4v) is 3.69. The van der Waals surface area contributed by atoms with Crippen molar-refractivity contribution in [1.82, 2.24) is 4.90 Å². The monoisotopic (exact) mass is 410 g/mol. The third kappa shape index (κ3) is 6.12. The Kier molecular flexibility index (Phi) is 7.75. The zero-order chi connectivity index (χ0) is 20.9. The lowest BCUT2D eigenvalue weighted by Gasteiger charge is -2.27. The minimum Gasteiger partial charge on any atom is -0.382 e. The zero-order valence-electron chi connectivity index (χ0n) is 17.8. The highest BCUT2D eigenvalue weighted by Gasteiger charge is 2.29. The molecule has 0 aliphatic heterocycles. The number of amides is 1. The predicted molar refractivity (Wildman–Crippen MR) is 113 cm³/mol. The van der Waals surface area contributed by atoms with Crippen LogP contribution in [0.5, 0.6) is 5.75 Å². The number of carbonyl (C=O) groups is 1. The summed E-state index contributed by atoms with van der Waals surface area (Å²) in [6.07, 6.45) is 2.30. The highest BCUT2D eigenvalue weighted by Crippen LogP contribution is 2.33. The first-order valence-electron chi connectivity index (χ1n) is 10.3. The molecular weight excluding hydrogens is 376 g/mol. The third-order valence-electron chi connectivity index (χ3n) is 5.09. The molecule has 2 rings (SSSR count). The van der Waals surface area contributed by atoms with E-state index in [9.17, 15) is 13.2 Å². The Labute approximate surface area is 170 Å². The first kappa shape index (κ1) is 22.5. The number of benzene rings is 1. The van der Waals surface area contributed by atoms with E-state index in [0.717, 1.165) is 43.7 Å². The van der Waals surface area contributed by atoms with E-state index in [1.165, 1.54) is 0 Å². The number of anilines is 1. The van der Waals surface area contributed by atoms with Crippen molar-refractivity contribution in [1.29, 1.82) is 0 Å². The fraction of sp³-hybridized carbons (Fsp3) is 0.667. The van der Waals surface area contributed by atoms with Gasteiger partial charge in [-0.05, 0) is 45.6 Å². The first-order valence-corrected chi connectivity index (χ1v) is 11.9. The van der Waals surface area contributed by atoms with Crippen LogP contribution in [0.15, 0.2) is 18.2 Å². The molecule has 0 N–H and O–H groups in total. The highest BCUT2D eigenvalue weighted by atomic mass is 32.2. The van der Waals surface area contributed by atoms with E-state index in [1.807, 2.05) is 30.9 Å². The Morgan fingerprint density at radius 3 is 2.32 bits per heavy atom. The molecule has 1 aliphatic rings. The second kappa shape index (κ2) is 9.63. The molecule has 1 fully saturated rings. The van der Waals surface area contributed by atoms with Crippen molar-refractivity contribution in [2.45, 2.75) is 54.0 Å². The summed E-state index contributed by atoms with van der Waals surface area (Å²) >= 11 is 0. The van der Waals surface area contributed by atoms with Crippen molar-refractivity contribution >= 4 is 21.7 Å². The van der Waals surface area contributed by atoms with Crippen LogP contribution in [0.4, 0.5) is 5.69 Å². The molecule has 0 radical (unpaired) electrons. The third-order valence-corrected chi connectivity index (χ3v) is 6.23. The van der Waals surface area contributed by atoms with E-state index in [0.29, 0.717) is 18.2 Å². The van der Waals surface area contributed by atoms with Crippen molar-refractivity contribution in [2.75, 3.05) is 30.3 Å². The number of carbonyl (C=O) groups excluding carboxylic acids is 1. The summed E-state index contributed by atoms with van der Waals surface area (Å²) < 4.78 is 29.7. The van der Waals surface area contributed by atoms with Crippen LogP contribution in [0.3, 0.4) is 0 Å².